The average Bonchev–Trinajstić information content (AvgIpc) is 2.94. The Kier molecular flexibility index (Phi) is 3.52. The Morgan fingerprint density at radius 1 is 1.33 bits per heavy atom. The molecule has 0 aliphatic heterocycles. The van der Waals surface area contributed by atoms with E-state index in [1.54, 1.807) is 0 Å². The molecule has 0 radical (unpaired) electrons. The molecule has 0 atom stereocenters. The summed E-state index contributed by atoms with van der Waals surface area (Å²) in [6.07, 6.45) is 1.38. The van der Waals surface area contributed by atoms with Gasteiger partial charge in [-0.2, -0.15) is 0 Å². The fourth-order valence-corrected chi connectivity index (χ4v) is 1.73. The van der Waals surface area contributed by atoms with Crippen molar-refractivity contribution in [3.05, 3.63) is 46.2 Å². The molecule has 6 nitrogen and oxygen atoms in total. The van der Waals surface area contributed by atoms with Crippen LogP contribution in [0.15, 0.2) is 38.0 Å². The zero-order valence-electron chi connectivity index (χ0n) is 8.97. The lowest BCUT2D eigenvalue weighted by Crippen LogP contribution is -2.22. The first-order valence-corrected chi connectivity index (χ1v) is 5.70. The van der Waals surface area contributed by atoms with Gasteiger partial charge >= 0.3 is 5.97 Å². The van der Waals surface area contributed by atoms with Gasteiger partial charge in [0, 0.05) is 0 Å². The molecule has 0 aliphatic rings. The van der Waals surface area contributed by atoms with E-state index in [0.717, 1.165) is 0 Å². The highest BCUT2D eigenvalue weighted by Gasteiger charge is 2.14. The van der Waals surface area contributed by atoms with Crippen LogP contribution in [0.25, 0.3) is 0 Å². The summed E-state index contributed by atoms with van der Waals surface area (Å²) < 4.78 is 10.3. The molecule has 2 rings (SSSR count). The molecule has 0 fully saturated rings. The van der Waals surface area contributed by atoms with Crippen molar-refractivity contribution in [2.45, 2.75) is 6.54 Å². The quantitative estimate of drug-likeness (QED) is 0.903. The average molecular weight is 314 g/mol. The second kappa shape index (κ2) is 5.09. The number of halogens is 1. The van der Waals surface area contributed by atoms with Gasteiger partial charge in [0.05, 0.1) is 18.4 Å². The first kappa shape index (κ1) is 12.4. The number of hydrogen-bond acceptors (Lipinski definition) is 4. The molecule has 94 valence electrons. The molecule has 0 aliphatic carbocycles. The Bertz CT molecular complexity index is 586. The number of carbonyl (C=O) groups is 2. The van der Waals surface area contributed by atoms with Gasteiger partial charge in [0.15, 0.2) is 4.67 Å². The molecule has 1 amide bonds. The summed E-state index contributed by atoms with van der Waals surface area (Å²) >= 11 is 3.09. The summed E-state index contributed by atoms with van der Waals surface area (Å²) in [5, 5.41) is 11.2. The van der Waals surface area contributed by atoms with Crippen molar-refractivity contribution in [1.29, 1.82) is 0 Å². The standard InChI is InChI=1S/C11H8BrNO5/c12-9-7(3-4-17-9)10(14)13-5-6-1-2-8(18-6)11(15)16/h1-4H,5H2,(H,13,14)(H,15,16). The van der Waals surface area contributed by atoms with Gasteiger partial charge < -0.3 is 19.3 Å². The van der Waals surface area contributed by atoms with Crippen molar-refractivity contribution in [2.75, 3.05) is 0 Å². The minimum absolute atomic E-state index is 0.101. The SMILES string of the molecule is O=C(O)c1ccc(CNC(=O)c2ccoc2Br)o1. The van der Waals surface area contributed by atoms with E-state index >= 15 is 0 Å². The molecule has 0 bridgehead atoms. The summed E-state index contributed by atoms with van der Waals surface area (Å²) in [6, 6.07) is 4.34. The van der Waals surface area contributed by atoms with Gasteiger partial charge in [-0.05, 0) is 34.1 Å². The second-order valence-corrected chi connectivity index (χ2v) is 4.08. The predicted octanol–water partition coefficient (Wildman–Crippen LogP) is 2.26. The van der Waals surface area contributed by atoms with E-state index in [2.05, 4.69) is 21.2 Å². The number of rotatable bonds is 4. The van der Waals surface area contributed by atoms with Crippen LogP contribution < -0.4 is 5.32 Å². The van der Waals surface area contributed by atoms with Gasteiger partial charge in [-0.25, -0.2) is 4.79 Å². The van der Waals surface area contributed by atoms with Crippen LogP contribution in [0, 0.1) is 0 Å². The lowest BCUT2D eigenvalue weighted by atomic mass is 10.3. The van der Waals surface area contributed by atoms with Crippen LogP contribution in [0.3, 0.4) is 0 Å². The highest BCUT2D eigenvalue weighted by atomic mass is 79.9. The predicted molar refractivity (Wildman–Crippen MR) is 63.2 cm³/mol. The van der Waals surface area contributed by atoms with Crippen LogP contribution in [-0.4, -0.2) is 17.0 Å². The Morgan fingerprint density at radius 2 is 2.11 bits per heavy atom. The Hall–Kier alpha value is -2.02. The molecule has 2 aromatic rings. The van der Waals surface area contributed by atoms with Crippen LogP contribution in [-0.2, 0) is 6.54 Å². The van der Waals surface area contributed by atoms with Crippen molar-refractivity contribution in [2.24, 2.45) is 0 Å². The minimum atomic E-state index is -1.15. The van der Waals surface area contributed by atoms with E-state index in [1.165, 1.54) is 24.5 Å². The van der Waals surface area contributed by atoms with E-state index in [-0.39, 0.29) is 18.2 Å². The van der Waals surface area contributed by atoms with Gasteiger partial charge in [-0.3, -0.25) is 4.79 Å². The Balaban J connectivity index is 1.97. The molecule has 18 heavy (non-hydrogen) atoms. The molecule has 0 saturated carbocycles. The maximum Gasteiger partial charge on any atom is 0.371 e. The van der Waals surface area contributed by atoms with E-state index in [9.17, 15) is 9.59 Å². The topological polar surface area (TPSA) is 92.7 Å². The molecule has 2 aromatic heterocycles. The summed E-state index contributed by atoms with van der Waals surface area (Å²) in [5.41, 5.74) is 0.361. The van der Waals surface area contributed by atoms with Crippen molar-refractivity contribution >= 4 is 27.8 Å². The van der Waals surface area contributed by atoms with Crippen molar-refractivity contribution in [3.8, 4) is 0 Å². The Labute approximate surface area is 110 Å². The zero-order chi connectivity index (χ0) is 13.1. The van der Waals surface area contributed by atoms with Gasteiger partial charge in [-0.15, -0.1) is 0 Å². The van der Waals surface area contributed by atoms with E-state index in [4.69, 9.17) is 13.9 Å². The van der Waals surface area contributed by atoms with E-state index in [1.807, 2.05) is 0 Å². The second-order valence-electron chi connectivity index (χ2n) is 3.36. The number of amides is 1. The van der Waals surface area contributed by atoms with E-state index in [0.29, 0.717) is 16.0 Å². The van der Waals surface area contributed by atoms with Crippen LogP contribution in [0.5, 0.6) is 0 Å². The van der Waals surface area contributed by atoms with Crippen LogP contribution in [0.2, 0.25) is 0 Å². The molecular formula is C11H8BrNO5. The fraction of sp³-hybridized carbons (Fsp3) is 0.0909. The summed E-state index contributed by atoms with van der Waals surface area (Å²) in [5.74, 6) is -1.29. The number of nitrogens with one attached hydrogen (secondary N) is 1. The monoisotopic (exact) mass is 313 g/mol. The summed E-state index contributed by atoms with van der Waals surface area (Å²) in [4.78, 5) is 22.3. The number of furan rings is 2. The molecule has 0 aromatic carbocycles. The number of carbonyl (C=O) groups excluding carboxylic acids is 1. The molecule has 2 heterocycles. The molecular weight excluding hydrogens is 306 g/mol. The number of hydrogen-bond donors (Lipinski definition) is 2. The number of carboxylic acid groups (broad SMARTS) is 1. The maximum absolute atomic E-state index is 11.7. The number of aromatic carboxylic acids is 1. The number of carboxylic acids is 1. The Morgan fingerprint density at radius 3 is 2.67 bits per heavy atom. The first-order chi connectivity index (χ1) is 8.58. The van der Waals surface area contributed by atoms with Crippen molar-refractivity contribution < 1.29 is 23.5 Å². The first-order valence-electron chi connectivity index (χ1n) is 4.91. The lowest BCUT2D eigenvalue weighted by Gasteiger charge is -2.01. The third-order valence-electron chi connectivity index (χ3n) is 2.16. The maximum atomic E-state index is 11.7. The minimum Gasteiger partial charge on any atom is -0.475 e. The smallest absolute Gasteiger partial charge is 0.371 e. The fourth-order valence-electron chi connectivity index (χ4n) is 1.31. The van der Waals surface area contributed by atoms with Gasteiger partial charge in [-0.1, -0.05) is 0 Å². The van der Waals surface area contributed by atoms with Crippen LogP contribution >= 0.6 is 15.9 Å². The molecule has 0 saturated heterocycles. The van der Waals surface area contributed by atoms with Crippen LogP contribution in [0.1, 0.15) is 26.7 Å². The van der Waals surface area contributed by atoms with Gasteiger partial charge in [0.1, 0.15) is 5.76 Å². The largest absolute Gasteiger partial charge is 0.475 e. The molecule has 7 heteroatoms. The highest BCUT2D eigenvalue weighted by Crippen LogP contribution is 2.17. The summed E-state index contributed by atoms with van der Waals surface area (Å²) in [7, 11) is 0. The molecule has 0 unspecified atom stereocenters. The van der Waals surface area contributed by atoms with Gasteiger partial charge in [0.2, 0.25) is 5.76 Å². The highest BCUT2D eigenvalue weighted by molar-refractivity contribution is 9.10. The van der Waals surface area contributed by atoms with Crippen molar-refractivity contribution in [3.63, 3.8) is 0 Å². The third-order valence-corrected chi connectivity index (χ3v) is 2.77. The lowest BCUT2D eigenvalue weighted by molar-refractivity contribution is 0.0660. The van der Waals surface area contributed by atoms with Gasteiger partial charge in [0.25, 0.3) is 5.91 Å². The third kappa shape index (κ3) is 2.62. The normalized spacial score (nSPS) is 10.3. The molecule has 0 spiro atoms. The molecule has 2 N–H and O–H groups in total. The zero-order valence-corrected chi connectivity index (χ0v) is 10.6. The van der Waals surface area contributed by atoms with E-state index < -0.39 is 5.97 Å². The summed E-state index contributed by atoms with van der Waals surface area (Å²) in [6.45, 7) is 0.101. The van der Waals surface area contributed by atoms with Crippen LogP contribution in [0.4, 0.5) is 0 Å². The van der Waals surface area contributed by atoms with Crippen molar-refractivity contribution in [1.82, 2.24) is 5.32 Å².